The fourth-order valence-electron chi connectivity index (χ4n) is 1.87. The van der Waals surface area contributed by atoms with Gasteiger partial charge in [0.15, 0.2) is 0 Å². The maximum atomic E-state index is 12.2. The smallest absolute Gasteiger partial charge is 0.225 e. The van der Waals surface area contributed by atoms with Crippen molar-refractivity contribution in [3.8, 4) is 0 Å². The third kappa shape index (κ3) is 5.51. The lowest BCUT2D eigenvalue weighted by Gasteiger charge is -2.21. The molecule has 0 saturated heterocycles. The first-order chi connectivity index (χ1) is 9.20. The van der Waals surface area contributed by atoms with Crippen molar-refractivity contribution in [3.05, 3.63) is 34.9 Å². The lowest BCUT2D eigenvalue weighted by Crippen LogP contribution is -2.35. The van der Waals surface area contributed by atoms with E-state index < -0.39 is 9.84 Å². The highest BCUT2D eigenvalue weighted by Crippen LogP contribution is 2.19. The minimum Gasteiger partial charge on any atom is -0.345 e. The molecule has 0 aliphatic rings. The van der Waals surface area contributed by atoms with Crippen molar-refractivity contribution in [3.63, 3.8) is 0 Å². The molecular formula is C14H20ClNO3S. The van der Waals surface area contributed by atoms with Crippen LogP contribution in [-0.4, -0.2) is 44.8 Å². The van der Waals surface area contributed by atoms with Crippen LogP contribution >= 0.6 is 11.6 Å². The summed E-state index contributed by atoms with van der Waals surface area (Å²) in [5, 5.41) is 0.644. The Kier molecular flexibility index (Phi) is 6.02. The second-order valence-electron chi connectivity index (χ2n) is 5.09. The molecular weight excluding hydrogens is 298 g/mol. The predicted octanol–water partition coefficient (Wildman–Crippen LogP) is 2.02. The summed E-state index contributed by atoms with van der Waals surface area (Å²) < 4.78 is 22.2. The first-order valence-electron chi connectivity index (χ1n) is 6.37. The quantitative estimate of drug-likeness (QED) is 0.806. The van der Waals surface area contributed by atoms with E-state index in [1.54, 1.807) is 13.1 Å². The molecule has 0 saturated carbocycles. The van der Waals surface area contributed by atoms with Crippen molar-refractivity contribution in [2.45, 2.75) is 13.3 Å². The van der Waals surface area contributed by atoms with E-state index in [0.717, 1.165) is 5.56 Å². The second-order valence-corrected chi connectivity index (χ2v) is 7.75. The van der Waals surface area contributed by atoms with Gasteiger partial charge in [0.2, 0.25) is 5.91 Å². The Bertz CT molecular complexity index is 572. The average Bonchev–Trinajstić information content (AvgIpc) is 2.36. The summed E-state index contributed by atoms with van der Waals surface area (Å²) >= 11 is 6.07. The molecule has 6 heteroatoms. The molecule has 1 aromatic carbocycles. The molecule has 1 aromatic rings. The number of halogens is 1. The molecule has 112 valence electrons. The van der Waals surface area contributed by atoms with Crippen molar-refractivity contribution >= 4 is 27.3 Å². The zero-order chi connectivity index (χ0) is 15.3. The third-order valence-corrected chi connectivity index (χ3v) is 4.37. The van der Waals surface area contributed by atoms with E-state index in [1.807, 2.05) is 25.1 Å². The molecule has 4 nitrogen and oxygen atoms in total. The van der Waals surface area contributed by atoms with Gasteiger partial charge in [-0.3, -0.25) is 4.79 Å². The lowest BCUT2D eigenvalue weighted by molar-refractivity contribution is -0.133. The maximum Gasteiger partial charge on any atom is 0.225 e. The number of hydrogen-bond donors (Lipinski definition) is 0. The molecule has 20 heavy (non-hydrogen) atoms. The molecule has 0 spiro atoms. The zero-order valence-corrected chi connectivity index (χ0v) is 13.5. The Morgan fingerprint density at radius 2 is 1.95 bits per heavy atom. The zero-order valence-electron chi connectivity index (χ0n) is 12.0. The number of rotatable bonds is 6. The lowest BCUT2D eigenvalue weighted by atomic mass is 10.00. The molecule has 0 bridgehead atoms. The average molecular weight is 318 g/mol. The SMILES string of the molecule is C[C@H](Cc1ccccc1Cl)C(=O)N(C)CCS(C)(=O)=O. The molecule has 0 aliphatic heterocycles. The molecule has 1 amide bonds. The predicted molar refractivity (Wildman–Crippen MR) is 81.7 cm³/mol. The van der Waals surface area contributed by atoms with Gasteiger partial charge in [0, 0.05) is 30.8 Å². The summed E-state index contributed by atoms with van der Waals surface area (Å²) in [7, 11) is -1.44. The van der Waals surface area contributed by atoms with Gasteiger partial charge in [0.1, 0.15) is 9.84 Å². The Morgan fingerprint density at radius 1 is 1.35 bits per heavy atom. The molecule has 0 aliphatic carbocycles. The minimum atomic E-state index is -3.06. The molecule has 0 N–H and O–H groups in total. The fourth-order valence-corrected chi connectivity index (χ4v) is 2.69. The molecule has 0 heterocycles. The Hall–Kier alpha value is -1.07. The van der Waals surface area contributed by atoms with Gasteiger partial charge in [-0.15, -0.1) is 0 Å². The molecule has 0 unspecified atom stereocenters. The standard InChI is InChI=1S/C14H20ClNO3S/c1-11(10-12-6-4-5-7-13(12)15)14(17)16(2)8-9-20(3,18)19/h4-7,11H,8-10H2,1-3H3/t11-/m1/s1. The summed E-state index contributed by atoms with van der Waals surface area (Å²) in [4.78, 5) is 13.6. The fraction of sp³-hybridized carbons (Fsp3) is 0.500. The monoisotopic (exact) mass is 317 g/mol. The summed E-state index contributed by atoms with van der Waals surface area (Å²) in [5.74, 6) is -0.332. The van der Waals surface area contributed by atoms with Crippen molar-refractivity contribution in [1.29, 1.82) is 0 Å². The molecule has 1 rings (SSSR count). The number of amides is 1. The van der Waals surface area contributed by atoms with Crippen molar-refractivity contribution in [2.75, 3.05) is 25.6 Å². The molecule has 1 atom stereocenters. The summed E-state index contributed by atoms with van der Waals surface area (Å²) in [6.07, 6.45) is 1.71. The van der Waals surface area contributed by atoms with Gasteiger partial charge in [-0.1, -0.05) is 36.7 Å². The topological polar surface area (TPSA) is 54.5 Å². The van der Waals surface area contributed by atoms with E-state index in [1.165, 1.54) is 11.2 Å². The van der Waals surface area contributed by atoms with Gasteiger partial charge in [-0.25, -0.2) is 8.42 Å². The number of nitrogens with zero attached hydrogens (tertiary/aromatic N) is 1. The van der Waals surface area contributed by atoms with Gasteiger partial charge in [-0.05, 0) is 18.1 Å². The van der Waals surface area contributed by atoms with Crippen molar-refractivity contribution in [1.82, 2.24) is 4.90 Å². The highest BCUT2D eigenvalue weighted by atomic mass is 35.5. The largest absolute Gasteiger partial charge is 0.345 e. The highest BCUT2D eigenvalue weighted by molar-refractivity contribution is 7.90. The second kappa shape index (κ2) is 7.09. The third-order valence-electron chi connectivity index (χ3n) is 3.08. The Balaban J connectivity index is 2.61. The Morgan fingerprint density at radius 3 is 2.50 bits per heavy atom. The van der Waals surface area contributed by atoms with Crippen LogP contribution in [0.4, 0.5) is 0 Å². The number of hydrogen-bond acceptors (Lipinski definition) is 3. The van der Waals surface area contributed by atoms with Gasteiger partial charge < -0.3 is 4.90 Å². The van der Waals surface area contributed by atoms with E-state index in [4.69, 9.17) is 11.6 Å². The van der Waals surface area contributed by atoms with E-state index in [-0.39, 0.29) is 24.1 Å². The summed E-state index contributed by atoms with van der Waals surface area (Å²) in [6, 6.07) is 7.41. The van der Waals surface area contributed by atoms with Gasteiger partial charge in [-0.2, -0.15) is 0 Å². The van der Waals surface area contributed by atoms with Crippen LogP contribution in [0.15, 0.2) is 24.3 Å². The van der Waals surface area contributed by atoms with E-state index in [9.17, 15) is 13.2 Å². The van der Waals surface area contributed by atoms with Crippen LogP contribution in [0.1, 0.15) is 12.5 Å². The first-order valence-corrected chi connectivity index (χ1v) is 8.80. The molecule has 0 radical (unpaired) electrons. The van der Waals surface area contributed by atoms with Crippen molar-refractivity contribution < 1.29 is 13.2 Å². The van der Waals surface area contributed by atoms with E-state index in [0.29, 0.717) is 11.4 Å². The Labute approximate surface area is 125 Å². The van der Waals surface area contributed by atoms with Crippen LogP contribution in [0.25, 0.3) is 0 Å². The normalized spacial score (nSPS) is 13.0. The van der Waals surface area contributed by atoms with E-state index in [2.05, 4.69) is 0 Å². The maximum absolute atomic E-state index is 12.2. The molecule has 0 aromatic heterocycles. The first kappa shape index (κ1) is 17.0. The van der Waals surface area contributed by atoms with Crippen LogP contribution in [0.2, 0.25) is 5.02 Å². The summed E-state index contributed by atoms with van der Waals surface area (Å²) in [5.41, 5.74) is 0.923. The number of carbonyl (C=O) groups is 1. The number of carbonyl (C=O) groups excluding carboxylic acids is 1. The number of benzene rings is 1. The van der Waals surface area contributed by atoms with Gasteiger partial charge >= 0.3 is 0 Å². The van der Waals surface area contributed by atoms with E-state index >= 15 is 0 Å². The van der Waals surface area contributed by atoms with Crippen LogP contribution in [-0.2, 0) is 21.1 Å². The van der Waals surface area contributed by atoms with Gasteiger partial charge in [0.25, 0.3) is 0 Å². The van der Waals surface area contributed by atoms with Crippen LogP contribution in [0.3, 0.4) is 0 Å². The van der Waals surface area contributed by atoms with Crippen LogP contribution in [0, 0.1) is 5.92 Å². The molecule has 0 fully saturated rings. The number of sulfone groups is 1. The van der Waals surface area contributed by atoms with Crippen LogP contribution < -0.4 is 0 Å². The van der Waals surface area contributed by atoms with Crippen molar-refractivity contribution in [2.24, 2.45) is 5.92 Å². The summed E-state index contributed by atoms with van der Waals surface area (Å²) in [6.45, 7) is 2.03. The van der Waals surface area contributed by atoms with Gasteiger partial charge in [0.05, 0.1) is 5.75 Å². The minimum absolute atomic E-state index is 0.0198. The van der Waals surface area contributed by atoms with Crippen LogP contribution in [0.5, 0.6) is 0 Å². The highest BCUT2D eigenvalue weighted by Gasteiger charge is 2.19.